The van der Waals surface area contributed by atoms with Crippen LogP contribution in [0.4, 0.5) is 0 Å². The van der Waals surface area contributed by atoms with Crippen molar-refractivity contribution in [2.45, 2.75) is 32.1 Å². The van der Waals surface area contributed by atoms with Crippen molar-refractivity contribution in [1.29, 1.82) is 0 Å². The molecule has 1 amide bonds. The Morgan fingerprint density at radius 2 is 2.10 bits per heavy atom. The number of rotatable bonds is 5. The number of pyridine rings is 1. The molecule has 0 saturated carbocycles. The van der Waals surface area contributed by atoms with Crippen LogP contribution in [0.3, 0.4) is 0 Å². The van der Waals surface area contributed by atoms with Gasteiger partial charge in [-0.05, 0) is 38.0 Å². The van der Waals surface area contributed by atoms with Crippen molar-refractivity contribution in [2.75, 3.05) is 20.2 Å². The summed E-state index contributed by atoms with van der Waals surface area (Å²) < 4.78 is 5.47. The van der Waals surface area contributed by atoms with E-state index in [1.807, 2.05) is 30.0 Å². The third kappa shape index (κ3) is 4.32. The zero-order valence-electron chi connectivity index (χ0n) is 16.8. The molecule has 6 heteroatoms. The van der Waals surface area contributed by atoms with Gasteiger partial charge in [0.25, 0.3) is 5.91 Å². The summed E-state index contributed by atoms with van der Waals surface area (Å²) in [4.78, 5) is 24.8. The molecule has 5 nitrogen and oxygen atoms in total. The molecule has 4 rings (SSSR count). The number of nitrogens with zero attached hydrogens (tertiary/aromatic N) is 3. The molecule has 3 heterocycles. The Morgan fingerprint density at radius 3 is 2.90 bits per heavy atom. The van der Waals surface area contributed by atoms with E-state index in [1.165, 1.54) is 11.3 Å². The average Bonchev–Trinajstić information content (AvgIpc) is 3.20. The van der Waals surface area contributed by atoms with E-state index < -0.39 is 0 Å². The minimum absolute atomic E-state index is 0.0971. The maximum absolute atomic E-state index is 12.9. The number of para-hydroxylation sites is 1. The highest BCUT2D eigenvalue weighted by Crippen LogP contribution is 2.28. The van der Waals surface area contributed by atoms with E-state index in [9.17, 15) is 4.79 Å². The fourth-order valence-corrected chi connectivity index (χ4v) is 4.69. The number of amides is 1. The molecule has 1 aliphatic heterocycles. The Morgan fingerprint density at radius 1 is 1.24 bits per heavy atom. The van der Waals surface area contributed by atoms with Gasteiger partial charge in [-0.15, -0.1) is 11.3 Å². The maximum Gasteiger partial charge on any atom is 0.265 e. The summed E-state index contributed by atoms with van der Waals surface area (Å²) in [5.41, 5.74) is 5.77. The molecule has 29 heavy (non-hydrogen) atoms. The molecule has 1 unspecified atom stereocenters. The van der Waals surface area contributed by atoms with Crippen molar-refractivity contribution in [3.63, 3.8) is 0 Å². The number of ether oxygens (including phenoxy) is 1. The van der Waals surface area contributed by atoms with Gasteiger partial charge in [-0.1, -0.05) is 24.3 Å². The number of carbonyl (C=O) groups excluding carboxylic acids is 1. The standard InChI is InChI=1S/C23H25N3O2S/c1-16-22(29-15-24-16)23(27)26-12-6-8-18(14-26)20-10-5-9-19(25-20)13-17-7-3-4-11-21(17)28-2/h3-5,7,9-11,15,18H,6,8,12-14H2,1-2H3. The van der Waals surface area contributed by atoms with E-state index in [1.54, 1.807) is 12.6 Å². The fraction of sp³-hybridized carbons (Fsp3) is 0.348. The third-order valence-electron chi connectivity index (χ3n) is 5.46. The van der Waals surface area contributed by atoms with Crippen LogP contribution in [0.5, 0.6) is 5.75 Å². The molecular formula is C23H25N3O2S. The Kier molecular flexibility index (Phi) is 5.90. The minimum Gasteiger partial charge on any atom is -0.496 e. The Labute approximate surface area is 175 Å². The lowest BCUT2D eigenvalue weighted by molar-refractivity contribution is 0.0710. The summed E-state index contributed by atoms with van der Waals surface area (Å²) in [5.74, 6) is 1.24. The molecule has 1 aliphatic rings. The van der Waals surface area contributed by atoms with Gasteiger partial charge in [0, 0.05) is 42.4 Å². The number of piperidine rings is 1. The van der Waals surface area contributed by atoms with Gasteiger partial charge in [-0.25, -0.2) is 4.98 Å². The highest BCUT2D eigenvalue weighted by molar-refractivity contribution is 7.11. The van der Waals surface area contributed by atoms with Crippen LogP contribution >= 0.6 is 11.3 Å². The molecule has 1 saturated heterocycles. The average molecular weight is 408 g/mol. The normalized spacial score (nSPS) is 16.6. The molecule has 1 fully saturated rings. The van der Waals surface area contributed by atoms with Gasteiger partial charge < -0.3 is 9.64 Å². The lowest BCUT2D eigenvalue weighted by atomic mass is 9.93. The third-order valence-corrected chi connectivity index (χ3v) is 6.38. The number of likely N-dealkylation sites (tertiary alicyclic amines) is 1. The minimum atomic E-state index is 0.0971. The monoisotopic (exact) mass is 407 g/mol. The van der Waals surface area contributed by atoms with Gasteiger partial charge in [-0.3, -0.25) is 9.78 Å². The predicted octanol–water partition coefficient (Wildman–Crippen LogP) is 4.47. The molecule has 0 spiro atoms. The number of aryl methyl sites for hydroxylation is 1. The lowest BCUT2D eigenvalue weighted by Crippen LogP contribution is -2.39. The van der Waals surface area contributed by atoms with Crippen molar-refractivity contribution in [3.05, 3.63) is 75.5 Å². The quantitative estimate of drug-likeness (QED) is 0.626. The van der Waals surface area contributed by atoms with Crippen molar-refractivity contribution in [3.8, 4) is 5.75 Å². The van der Waals surface area contributed by atoms with E-state index in [2.05, 4.69) is 29.2 Å². The van der Waals surface area contributed by atoms with Crippen molar-refractivity contribution >= 4 is 17.2 Å². The Hall–Kier alpha value is -2.73. The highest BCUT2D eigenvalue weighted by atomic mass is 32.1. The largest absolute Gasteiger partial charge is 0.496 e. The van der Waals surface area contributed by atoms with Gasteiger partial charge in [0.15, 0.2) is 0 Å². The SMILES string of the molecule is COc1ccccc1Cc1cccc(C2CCCN(C(=O)c3scnc3C)C2)n1. The fourth-order valence-electron chi connectivity index (χ4n) is 3.92. The number of thiazole rings is 1. The maximum atomic E-state index is 12.9. The van der Waals surface area contributed by atoms with Gasteiger partial charge >= 0.3 is 0 Å². The number of benzene rings is 1. The van der Waals surface area contributed by atoms with Crippen LogP contribution in [0.2, 0.25) is 0 Å². The predicted molar refractivity (Wildman–Crippen MR) is 115 cm³/mol. The zero-order chi connectivity index (χ0) is 20.2. The zero-order valence-corrected chi connectivity index (χ0v) is 17.6. The van der Waals surface area contributed by atoms with Gasteiger partial charge in [0.05, 0.1) is 18.3 Å². The number of methoxy groups -OCH3 is 1. The first-order chi connectivity index (χ1) is 14.2. The number of hydrogen-bond acceptors (Lipinski definition) is 5. The molecule has 150 valence electrons. The summed E-state index contributed by atoms with van der Waals surface area (Å²) in [6.07, 6.45) is 2.77. The Bertz CT molecular complexity index is 1000. The first kappa shape index (κ1) is 19.6. The summed E-state index contributed by atoms with van der Waals surface area (Å²) in [6, 6.07) is 14.3. The number of aromatic nitrogens is 2. The van der Waals surface area contributed by atoms with Crippen LogP contribution < -0.4 is 4.74 Å². The molecule has 3 aromatic rings. The van der Waals surface area contributed by atoms with Gasteiger partial charge in [-0.2, -0.15) is 0 Å². The van der Waals surface area contributed by atoms with E-state index in [0.29, 0.717) is 6.54 Å². The lowest BCUT2D eigenvalue weighted by Gasteiger charge is -2.32. The van der Waals surface area contributed by atoms with E-state index in [0.717, 1.165) is 59.1 Å². The van der Waals surface area contributed by atoms with Crippen LogP contribution in [0.15, 0.2) is 48.0 Å². The second-order valence-electron chi connectivity index (χ2n) is 7.40. The molecule has 0 N–H and O–H groups in total. The van der Waals surface area contributed by atoms with E-state index in [4.69, 9.17) is 9.72 Å². The molecule has 0 radical (unpaired) electrons. The summed E-state index contributed by atoms with van der Waals surface area (Å²) >= 11 is 1.43. The first-order valence-corrected chi connectivity index (χ1v) is 10.8. The van der Waals surface area contributed by atoms with Crippen molar-refractivity contribution < 1.29 is 9.53 Å². The first-order valence-electron chi connectivity index (χ1n) is 9.93. The smallest absolute Gasteiger partial charge is 0.265 e. The molecule has 1 atom stereocenters. The molecular weight excluding hydrogens is 382 g/mol. The van der Waals surface area contributed by atoms with Gasteiger partial charge in [0.1, 0.15) is 10.6 Å². The number of carbonyl (C=O) groups is 1. The Balaban J connectivity index is 1.50. The van der Waals surface area contributed by atoms with Crippen LogP contribution in [-0.2, 0) is 6.42 Å². The molecule has 0 aliphatic carbocycles. The van der Waals surface area contributed by atoms with Gasteiger partial charge in [0.2, 0.25) is 0 Å². The summed E-state index contributed by atoms with van der Waals surface area (Å²) in [6.45, 7) is 3.41. The molecule has 2 aromatic heterocycles. The molecule has 1 aromatic carbocycles. The highest BCUT2D eigenvalue weighted by Gasteiger charge is 2.28. The van der Waals surface area contributed by atoms with E-state index >= 15 is 0 Å². The topological polar surface area (TPSA) is 55.3 Å². The van der Waals surface area contributed by atoms with Crippen molar-refractivity contribution in [2.24, 2.45) is 0 Å². The van der Waals surface area contributed by atoms with Crippen LogP contribution in [0, 0.1) is 6.92 Å². The number of hydrogen-bond donors (Lipinski definition) is 0. The van der Waals surface area contributed by atoms with Crippen LogP contribution in [0.25, 0.3) is 0 Å². The van der Waals surface area contributed by atoms with Crippen molar-refractivity contribution in [1.82, 2.24) is 14.9 Å². The molecule has 0 bridgehead atoms. The second kappa shape index (κ2) is 8.74. The summed E-state index contributed by atoms with van der Waals surface area (Å²) in [5, 5.41) is 0. The van der Waals surface area contributed by atoms with Crippen LogP contribution in [-0.4, -0.2) is 41.0 Å². The van der Waals surface area contributed by atoms with Crippen LogP contribution in [0.1, 0.15) is 51.1 Å². The van der Waals surface area contributed by atoms with E-state index in [-0.39, 0.29) is 11.8 Å². The second-order valence-corrected chi connectivity index (χ2v) is 8.25. The summed E-state index contributed by atoms with van der Waals surface area (Å²) in [7, 11) is 1.70.